The smallest absolute Gasteiger partial charge is 0.191 e. The van der Waals surface area contributed by atoms with Gasteiger partial charge < -0.3 is 10.6 Å². The highest BCUT2D eigenvalue weighted by Crippen LogP contribution is 2.06. The third-order valence-electron chi connectivity index (χ3n) is 2.62. The van der Waals surface area contributed by atoms with Gasteiger partial charge in [0.05, 0.1) is 0 Å². The minimum atomic E-state index is -0.172. The van der Waals surface area contributed by atoms with Crippen LogP contribution in [-0.2, 0) is 6.42 Å². The fourth-order valence-electron chi connectivity index (χ4n) is 1.83. The Morgan fingerprint density at radius 3 is 2.65 bits per heavy atom. The number of hydrogen-bond acceptors (Lipinski definition) is 1. The van der Waals surface area contributed by atoms with Crippen molar-refractivity contribution in [3.8, 4) is 0 Å². The van der Waals surface area contributed by atoms with Crippen molar-refractivity contribution >= 4 is 5.96 Å². The molecule has 0 heterocycles. The van der Waals surface area contributed by atoms with Gasteiger partial charge in [-0.25, -0.2) is 4.39 Å². The first-order valence-electron chi connectivity index (χ1n) is 7.21. The second kappa shape index (κ2) is 7.88. The number of nitrogens with one attached hydrogen (secondary N) is 2. The van der Waals surface area contributed by atoms with E-state index in [9.17, 15) is 4.39 Å². The predicted molar refractivity (Wildman–Crippen MR) is 83.6 cm³/mol. The van der Waals surface area contributed by atoms with E-state index in [1.807, 2.05) is 13.0 Å². The maximum atomic E-state index is 13.0. The summed E-state index contributed by atoms with van der Waals surface area (Å²) in [6.45, 7) is 9.92. The van der Waals surface area contributed by atoms with Gasteiger partial charge >= 0.3 is 0 Å². The molecule has 0 amide bonds. The van der Waals surface area contributed by atoms with Gasteiger partial charge in [0.25, 0.3) is 0 Å². The number of halogens is 1. The molecule has 3 nitrogen and oxygen atoms in total. The molecule has 4 heteroatoms. The van der Waals surface area contributed by atoms with Crippen molar-refractivity contribution in [3.05, 3.63) is 35.6 Å². The molecule has 0 unspecified atom stereocenters. The van der Waals surface area contributed by atoms with Crippen LogP contribution in [-0.4, -0.2) is 24.6 Å². The second-order valence-electron chi connectivity index (χ2n) is 5.87. The zero-order valence-electron chi connectivity index (χ0n) is 13.0. The molecule has 2 N–H and O–H groups in total. The molecule has 0 spiro atoms. The normalized spacial score (nSPS) is 12.3. The lowest BCUT2D eigenvalue weighted by Gasteiger charge is -2.23. The second-order valence-corrected chi connectivity index (χ2v) is 5.87. The molecule has 0 aromatic heterocycles. The number of guanidine groups is 1. The highest BCUT2D eigenvalue weighted by Gasteiger charge is 2.11. The number of aryl methyl sites for hydroxylation is 1. The molecule has 0 saturated carbocycles. The summed E-state index contributed by atoms with van der Waals surface area (Å²) < 4.78 is 13.0. The molecule has 1 aromatic rings. The van der Waals surface area contributed by atoms with Crippen molar-refractivity contribution < 1.29 is 4.39 Å². The summed E-state index contributed by atoms with van der Waals surface area (Å²) in [5, 5.41) is 6.57. The van der Waals surface area contributed by atoms with Gasteiger partial charge in [-0.1, -0.05) is 12.1 Å². The molecule has 1 rings (SSSR count). The van der Waals surface area contributed by atoms with Crippen LogP contribution in [0.3, 0.4) is 0 Å². The largest absolute Gasteiger partial charge is 0.357 e. The average molecular weight is 279 g/mol. The van der Waals surface area contributed by atoms with Gasteiger partial charge in [-0.2, -0.15) is 0 Å². The summed E-state index contributed by atoms with van der Waals surface area (Å²) in [4.78, 5) is 4.54. The third kappa shape index (κ3) is 7.12. The van der Waals surface area contributed by atoms with Crippen molar-refractivity contribution in [2.45, 2.75) is 46.1 Å². The minimum Gasteiger partial charge on any atom is -0.357 e. The molecule has 0 saturated heterocycles. The maximum absolute atomic E-state index is 13.0. The molecule has 1 aromatic carbocycles. The molecule has 20 heavy (non-hydrogen) atoms. The van der Waals surface area contributed by atoms with Crippen LogP contribution in [0.4, 0.5) is 4.39 Å². The van der Waals surface area contributed by atoms with Crippen LogP contribution in [0.25, 0.3) is 0 Å². The molecular weight excluding hydrogens is 253 g/mol. The van der Waals surface area contributed by atoms with Gasteiger partial charge in [-0.05, 0) is 58.2 Å². The van der Waals surface area contributed by atoms with E-state index >= 15 is 0 Å². The van der Waals surface area contributed by atoms with E-state index in [0.717, 1.165) is 37.5 Å². The molecule has 0 aliphatic carbocycles. The van der Waals surface area contributed by atoms with Crippen molar-refractivity contribution in [2.75, 3.05) is 13.1 Å². The maximum Gasteiger partial charge on any atom is 0.191 e. The summed E-state index contributed by atoms with van der Waals surface area (Å²) in [5.74, 6) is 0.660. The Morgan fingerprint density at radius 2 is 2.05 bits per heavy atom. The molecule has 0 fully saturated rings. The summed E-state index contributed by atoms with van der Waals surface area (Å²) in [6.07, 6.45) is 1.75. The Labute approximate surface area is 121 Å². The van der Waals surface area contributed by atoms with Gasteiger partial charge in [-0.3, -0.25) is 4.99 Å². The van der Waals surface area contributed by atoms with Crippen LogP contribution in [0.15, 0.2) is 29.3 Å². The van der Waals surface area contributed by atoms with Crippen LogP contribution in [0, 0.1) is 5.82 Å². The molecular formula is C16H26FN3. The van der Waals surface area contributed by atoms with E-state index in [-0.39, 0.29) is 11.4 Å². The van der Waals surface area contributed by atoms with Gasteiger partial charge in [0.15, 0.2) is 5.96 Å². The third-order valence-corrected chi connectivity index (χ3v) is 2.62. The number of nitrogens with zero attached hydrogens (tertiary/aromatic N) is 1. The highest BCUT2D eigenvalue weighted by atomic mass is 19.1. The number of benzene rings is 1. The lowest BCUT2D eigenvalue weighted by atomic mass is 10.1. The van der Waals surface area contributed by atoms with Crippen LogP contribution in [0.2, 0.25) is 0 Å². The summed E-state index contributed by atoms with van der Waals surface area (Å²) in [5.41, 5.74) is 1.01. The average Bonchev–Trinajstić information content (AvgIpc) is 2.33. The first kappa shape index (κ1) is 16.5. The van der Waals surface area contributed by atoms with Gasteiger partial charge in [-0.15, -0.1) is 0 Å². The van der Waals surface area contributed by atoms with E-state index in [0.29, 0.717) is 0 Å². The van der Waals surface area contributed by atoms with E-state index in [1.54, 1.807) is 12.1 Å². The lowest BCUT2D eigenvalue weighted by Crippen LogP contribution is -2.47. The number of hydrogen-bond donors (Lipinski definition) is 2. The predicted octanol–water partition coefficient (Wildman–Crippen LogP) is 3.11. The van der Waals surface area contributed by atoms with Crippen LogP contribution >= 0.6 is 0 Å². The van der Waals surface area contributed by atoms with E-state index < -0.39 is 0 Å². The Morgan fingerprint density at radius 1 is 1.30 bits per heavy atom. The molecule has 0 bridgehead atoms. The monoisotopic (exact) mass is 279 g/mol. The van der Waals surface area contributed by atoms with Crippen molar-refractivity contribution in [2.24, 2.45) is 4.99 Å². The molecule has 0 aliphatic heterocycles. The van der Waals surface area contributed by atoms with Gasteiger partial charge in [0, 0.05) is 18.6 Å². The highest BCUT2D eigenvalue weighted by molar-refractivity contribution is 5.80. The van der Waals surface area contributed by atoms with Crippen molar-refractivity contribution in [1.82, 2.24) is 10.6 Å². The number of aliphatic imine (C=N–C) groups is 1. The fourth-order valence-corrected chi connectivity index (χ4v) is 1.83. The first-order chi connectivity index (χ1) is 9.40. The molecule has 0 radical (unpaired) electrons. The van der Waals surface area contributed by atoms with Crippen LogP contribution < -0.4 is 10.6 Å². The molecule has 0 aliphatic rings. The molecule has 112 valence electrons. The SMILES string of the molecule is CCNC(=NCCCc1cccc(F)c1)NC(C)(C)C. The van der Waals surface area contributed by atoms with E-state index in [2.05, 4.69) is 36.4 Å². The summed E-state index contributed by atoms with van der Waals surface area (Å²) in [7, 11) is 0. The Balaban J connectivity index is 2.44. The van der Waals surface area contributed by atoms with Gasteiger partial charge in [0.1, 0.15) is 5.82 Å². The van der Waals surface area contributed by atoms with Gasteiger partial charge in [0.2, 0.25) is 0 Å². The Bertz CT molecular complexity index is 436. The standard InChI is InChI=1S/C16H26FN3/c1-5-18-15(20-16(2,3)4)19-11-7-9-13-8-6-10-14(17)12-13/h6,8,10,12H,5,7,9,11H2,1-4H3,(H2,18,19,20). The lowest BCUT2D eigenvalue weighted by molar-refractivity contribution is 0.501. The van der Waals surface area contributed by atoms with Crippen molar-refractivity contribution in [1.29, 1.82) is 0 Å². The fraction of sp³-hybridized carbons (Fsp3) is 0.562. The van der Waals surface area contributed by atoms with E-state index in [1.165, 1.54) is 6.07 Å². The van der Waals surface area contributed by atoms with E-state index in [4.69, 9.17) is 0 Å². The zero-order valence-corrected chi connectivity index (χ0v) is 13.0. The van der Waals surface area contributed by atoms with Crippen LogP contribution in [0.5, 0.6) is 0 Å². The summed E-state index contributed by atoms with van der Waals surface area (Å²) in [6, 6.07) is 6.76. The minimum absolute atomic E-state index is 0.0104. The van der Waals surface area contributed by atoms with Crippen LogP contribution in [0.1, 0.15) is 39.7 Å². The Hall–Kier alpha value is -1.58. The quantitative estimate of drug-likeness (QED) is 0.493. The first-order valence-corrected chi connectivity index (χ1v) is 7.21. The summed E-state index contributed by atoms with van der Waals surface area (Å²) >= 11 is 0. The van der Waals surface area contributed by atoms with Crippen molar-refractivity contribution in [3.63, 3.8) is 0 Å². The number of rotatable bonds is 5. The molecule has 0 atom stereocenters. The zero-order chi connectivity index (χ0) is 15.0. The topological polar surface area (TPSA) is 36.4 Å². The Kier molecular flexibility index (Phi) is 6.49.